The van der Waals surface area contributed by atoms with E-state index in [0.29, 0.717) is 0 Å². The molecule has 214 valence electrons. The zero-order chi connectivity index (χ0) is 27.9. The van der Waals surface area contributed by atoms with Gasteiger partial charge < -0.3 is 10.6 Å². The van der Waals surface area contributed by atoms with E-state index in [1.54, 1.807) is 0 Å². The molecule has 2 aliphatic rings. The summed E-state index contributed by atoms with van der Waals surface area (Å²) in [6, 6.07) is 13.8. The first-order valence-corrected chi connectivity index (χ1v) is 15.5. The molecule has 2 unspecified atom stereocenters. The molecule has 1 aromatic heterocycles. The summed E-state index contributed by atoms with van der Waals surface area (Å²) < 4.78 is 0. The summed E-state index contributed by atoms with van der Waals surface area (Å²) in [5.74, 6) is 0.119. The number of rotatable bonds is 8. The van der Waals surface area contributed by atoms with Gasteiger partial charge in [0.1, 0.15) is 0 Å². The molecule has 40 heavy (non-hydrogen) atoms. The Bertz CT molecular complexity index is 1210. The molecule has 0 spiro atoms. The van der Waals surface area contributed by atoms with Crippen molar-refractivity contribution in [2.75, 3.05) is 36.8 Å². The van der Waals surface area contributed by atoms with E-state index >= 15 is 0 Å². The van der Waals surface area contributed by atoms with E-state index in [1.807, 2.05) is 36.4 Å². The average Bonchev–Trinajstić information content (AvgIpc) is 3.39. The number of nitrogens with one attached hydrogen (secondary N) is 2. The number of nitrogens with zero attached hydrogens (tertiary/aromatic N) is 3. The Morgan fingerprint density at radius 2 is 1.05 bits per heavy atom. The summed E-state index contributed by atoms with van der Waals surface area (Å²) >= 11 is 0. The third-order valence-electron chi connectivity index (χ3n) is 8.69. The molecule has 2 atom stereocenters. The number of pyridine rings is 1. The maximum absolute atomic E-state index is 13.2. The number of aromatic nitrogens is 1. The Balaban J connectivity index is 1.31. The molecule has 5 rings (SSSR count). The molecule has 2 fully saturated rings. The minimum absolute atomic E-state index is 0.0597. The van der Waals surface area contributed by atoms with Gasteiger partial charge in [-0.2, -0.15) is 0 Å². The first kappa shape index (κ1) is 28.5. The van der Waals surface area contributed by atoms with Crippen molar-refractivity contribution in [2.24, 2.45) is 0 Å². The highest BCUT2D eigenvalue weighted by Gasteiger charge is 2.26. The van der Waals surface area contributed by atoms with Gasteiger partial charge in [-0.1, -0.05) is 51.7 Å². The first-order chi connectivity index (χ1) is 19.6. The number of carbonyl (C=O) groups is 2. The molecular formula is C33H45N5O2. The van der Waals surface area contributed by atoms with E-state index in [2.05, 4.69) is 40.3 Å². The van der Waals surface area contributed by atoms with Crippen LogP contribution in [0.1, 0.15) is 78.1 Å². The smallest absolute Gasteiger partial charge is 0.241 e. The van der Waals surface area contributed by atoms with Crippen molar-refractivity contribution in [1.82, 2.24) is 14.8 Å². The van der Waals surface area contributed by atoms with Gasteiger partial charge in [-0.05, 0) is 95.0 Å². The first-order valence-electron chi connectivity index (χ1n) is 15.5. The topological polar surface area (TPSA) is 77.6 Å². The molecule has 0 radical (unpaired) electrons. The van der Waals surface area contributed by atoms with Crippen LogP contribution in [0.5, 0.6) is 0 Å². The van der Waals surface area contributed by atoms with Crippen molar-refractivity contribution in [3.63, 3.8) is 0 Å². The van der Waals surface area contributed by atoms with E-state index < -0.39 is 0 Å². The molecule has 2 aromatic carbocycles. The van der Waals surface area contributed by atoms with Gasteiger partial charge in [0.2, 0.25) is 11.8 Å². The fourth-order valence-electron chi connectivity index (χ4n) is 6.46. The van der Waals surface area contributed by atoms with Gasteiger partial charge >= 0.3 is 0 Å². The van der Waals surface area contributed by atoms with Crippen LogP contribution in [-0.2, 0) is 9.59 Å². The molecule has 7 nitrogen and oxygen atoms in total. The van der Waals surface area contributed by atoms with Crippen molar-refractivity contribution in [1.29, 1.82) is 0 Å². The number of benzene rings is 2. The van der Waals surface area contributed by atoms with Crippen LogP contribution in [0, 0.1) is 0 Å². The van der Waals surface area contributed by atoms with Gasteiger partial charge in [-0.3, -0.25) is 19.4 Å². The van der Waals surface area contributed by atoms with Gasteiger partial charge in [-0.25, -0.2) is 4.98 Å². The minimum Gasteiger partial charge on any atom is -0.325 e. The Morgan fingerprint density at radius 3 is 1.43 bits per heavy atom. The standard InChI is InChI=1S/C33H45N5O2/c1-3-30(37-17-9-5-6-10-18-37)32(39)34-26-15-13-24-21-25-14-16-27(23-29(25)36-28(24)22-26)35-33(40)31(4-2)38-19-11-7-8-12-20-38/h13-16,21-23,30-31H,3-12,17-20H2,1-2H3,(H,34,39)(H,35,40). The summed E-state index contributed by atoms with van der Waals surface area (Å²) in [6.07, 6.45) is 11.3. The zero-order valence-electron chi connectivity index (χ0n) is 24.3. The lowest BCUT2D eigenvalue weighted by Crippen LogP contribution is -2.44. The molecular weight excluding hydrogens is 498 g/mol. The molecule has 0 saturated carbocycles. The molecule has 2 saturated heterocycles. The highest BCUT2D eigenvalue weighted by Crippen LogP contribution is 2.26. The summed E-state index contributed by atoms with van der Waals surface area (Å²) in [6.45, 7) is 8.16. The van der Waals surface area contributed by atoms with Crippen molar-refractivity contribution >= 4 is 45.0 Å². The fraction of sp³-hybridized carbons (Fsp3) is 0.545. The van der Waals surface area contributed by atoms with E-state index in [1.165, 1.54) is 25.7 Å². The van der Waals surface area contributed by atoms with Crippen molar-refractivity contribution in [3.8, 4) is 0 Å². The van der Waals surface area contributed by atoms with Gasteiger partial charge in [-0.15, -0.1) is 0 Å². The second-order valence-corrected chi connectivity index (χ2v) is 11.5. The minimum atomic E-state index is -0.106. The number of hydrogen-bond donors (Lipinski definition) is 2. The van der Waals surface area contributed by atoms with Crippen molar-refractivity contribution < 1.29 is 9.59 Å². The summed E-state index contributed by atoms with van der Waals surface area (Å²) in [5, 5.41) is 8.37. The van der Waals surface area contributed by atoms with Gasteiger partial charge in [0.05, 0.1) is 23.1 Å². The summed E-state index contributed by atoms with van der Waals surface area (Å²) in [5.41, 5.74) is 3.19. The predicted molar refractivity (Wildman–Crippen MR) is 165 cm³/mol. The highest BCUT2D eigenvalue weighted by atomic mass is 16.2. The number of anilines is 2. The molecule has 0 aliphatic carbocycles. The normalized spacial score (nSPS) is 19.1. The third kappa shape index (κ3) is 6.81. The second-order valence-electron chi connectivity index (χ2n) is 11.5. The molecule has 2 aliphatic heterocycles. The summed E-state index contributed by atoms with van der Waals surface area (Å²) in [7, 11) is 0. The fourth-order valence-corrected chi connectivity index (χ4v) is 6.46. The van der Waals surface area contributed by atoms with E-state index in [0.717, 1.165) is 97.9 Å². The lowest BCUT2D eigenvalue weighted by atomic mass is 10.1. The summed E-state index contributed by atoms with van der Waals surface area (Å²) in [4.78, 5) is 36.1. The number of likely N-dealkylation sites (tertiary alicyclic amines) is 2. The SMILES string of the molecule is CCC(C(=O)Nc1ccc2cc3ccc(NC(=O)C(CC)N4CCCCCC4)cc3nc2c1)N1CCCCCC1. The highest BCUT2D eigenvalue weighted by molar-refractivity contribution is 6.00. The van der Waals surface area contributed by atoms with Crippen LogP contribution in [0.15, 0.2) is 42.5 Å². The lowest BCUT2D eigenvalue weighted by Gasteiger charge is -2.28. The number of carbonyl (C=O) groups excluding carboxylic acids is 2. The Labute approximate surface area is 238 Å². The molecule has 3 aromatic rings. The molecule has 2 amide bonds. The Hall–Kier alpha value is -3.03. The number of fused-ring (bicyclic) bond motifs is 2. The van der Waals surface area contributed by atoms with Crippen LogP contribution in [0.3, 0.4) is 0 Å². The van der Waals surface area contributed by atoms with E-state index in [4.69, 9.17) is 4.98 Å². The van der Waals surface area contributed by atoms with Crippen LogP contribution in [0.25, 0.3) is 21.8 Å². The Kier molecular flexibility index (Phi) is 9.66. The average molecular weight is 544 g/mol. The zero-order valence-corrected chi connectivity index (χ0v) is 24.3. The van der Waals surface area contributed by atoms with E-state index in [9.17, 15) is 9.59 Å². The number of amides is 2. The van der Waals surface area contributed by atoms with Gasteiger partial charge in [0.15, 0.2) is 0 Å². The van der Waals surface area contributed by atoms with Crippen LogP contribution in [-0.4, -0.2) is 64.9 Å². The van der Waals surface area contributed by atoms with Crippen LogP contribution in [0.4, 0.5) is 11.4 Å². The molecule has 0 bridgehead atoms. The third-order valence-corrected chi connectivity index (χ3v) is 8.69. The Morgan fingerprint density at radius 1 is 0.650 bits per heavy atom. The molecule has 7 heteroatoms. The largest absolute Gasteiger partial charge is 0.325 e. The van der Waals surface area contributed by atoms with Gasteiger partial charge in [0.25, 0.3) is 0 Å². The van der Waals surface area contributed by atoms with Gasteiger partial charge in [0, 0.05) is 22.1 Å². The van der Waals surface area contributed by atoms with Crippen molar-refractivity contribution in [3.05, 3.63) is 42.5 Å². The maximum Gasteiger partial charge on any atom is 0.241 e. The van der Waals surface area contributed by atoms with Crippen LogP contribution < -0.4 is 10.6 Å². The second kappa shape index (κ2) is 13.6. The lowest BCUT2D eigenvalue weighted by molar-refractivity contribution is -0.122. The van der Waals surface area contributed by atoms with E-state index in [-0.39, 0.29) is 23.9 Å². The molecule has 3 heterocycles. The quantitative estimate of drug-likeness (QED) is 0.314. The molecule has 2 N–H and O–H groups in total. The predicted octanol–water partition coefficient (Wildman–Crippen LogP) is 6.57. The maximum atomic E-state index is 13.2. The van der Waals surface area contributed by atoms with Crippen LogP contribution in [0.2, 0.25) is 0 Å². The monoisotopic (exact) mass is 543 g/mol. The van der Waals surface area contributed by atoms with Crippen LogP contribution >= 0.6 is 0 Å². The van der Waals surface area contributed by atoms with Crippen molar-refractivity contribution in [2.45, 2.75) is 90.1 Å². The number of hydrogen-bond acceptors (Lipinski definition) is 5.